The average molecular weight is 151 g/mol. The van der Waals surface area contributed by atoms with Gasteiger partial charge in [0, 0.05) is 12.5 Å². The lowest BCUT2D eigenvalue weighted by Crippen LogP contribution is -1.47. The molecule has 0 aromatic rings. The molecule has 0 atom stereocenters. The predicted octanol–water partition coefficient (Wildman–Crippen LogP) is 2.23. The summed E-state index contributed by atoms with van der Waals surface area (Å²) in [6.45, 7) is 4.36. The first-order chi connectivity index (χ1) is 4.33. The normalized spacial score (nSPS) is 4.89. The van der Waals surface area contributed by atoms with E-state index in [1.165, 1.54) is 12.8 Å². The predicted molar refractivity (Wildman–Crippen MR) is 43.4 cm³/mol. The van der Waals surface area contributed by atoms with E-state index in [-0.39, 0.29) is 0 Å². The molecular formula is C7H15ClO. The first-order valence-electron chi connectivity index (χ1n) is 2.84. The van der Waals surface area contributed by atoms with E-state index in [1.54, 1.807) is 5.38 Å². The Morgan fingerprint density at radius 2 is 1.44 bits per heavy atom. The number of rotatable bonds is 1. The van der Waals surface area contributed by atoms with Crippen LogP contribution in [0.25, 0.3) is 0 Å². The molecule has 0 aliphatic rings. The van der Waals surface area contributed by atoms with E-state index >= 15 is 0 Å². The summed E-state index contributed by atoms with van der Waals surface area (Å²) in [5.41, 5.74) is 0. The number of hydrogen-bond acceptors (Lipinski definition) is 1. The zero-order valence-corrected chi connectivity index (χ0v) is 7.07. The van der Waals surface area contributed by atoms with E-state index < -0.39 is 0 Å². The molecule has 0 amide bonds. The molecule has 56 valence electrons. The van der Waals surface area contributed by atoms with Crippen molar-refractivity contribution in [3.63, 3.8) is 0 Å². The molecule has 0 bridgehead atoms. The Bertz CT molecular complexity index is 45.4. The van der Waals surface area contributed by atoms with Crippen molar-refractivity contribution in [3.05, 3.63) is 0 Å². The van der Waals surface area contributed by atoms with Gasteiger partial charge in [-0.15, -0.1) is 6.42 Å². The smallest absolute Gasteiger partial charge is 0.0319 e. The van der Waals surface area contributed by atoms with Crippen molar-refractivity contribution in [2.24, 2.45) is 0 Å². The minimum Gasteiger partial charge on any atom is -0.400 e. The third-order valence-electron chi connectivity index (χ3n) is 0.500. The van der Waals surface area contributed by atoms with Crippen LogP contribution in [0.1, 0.15) is 26.7 Å². The van der Waals surface area contributed by atoms with Crippen LogP contribution in [0, 0.1) is 11.8 Å². The zero-order valence-electron chi connectivity index (χ0n) is 6.32. The molecule has 0 radical (unpaired) electrons. The van der Waals surface area contributed by atoms with Gasteiger partial charge < -0.3 is 5.11 Å². The topological polar surface area (TPSA) is 20.2 Å². The number of unbranched alkanes of at least 4 members (excludes halogenated alkanes) is 1. The molecule has 0 aromatic heterocycles. The molecule has 9 heavy (non-hydrogen) atoms. The highest BCUT2D eigenvalue weighted by molar-refractivity contribution is 6.29. The van der Waals surface area contributed by atoms with Crippen molar-refractivity contribution < 1.29 is 5.11 Å². The van der Waals surface area contributed by atoms with Gasteiger partial charge in [-0.3, -0.25) is 0 Å². The second-order valence-electron chi connectivity index (χ2n) is 1.11. The minimum atomic E-state index is 1.00. The highest BCUT2D eigenvalue weighted by Crippen LogP contribution is 1.76. The van der Waals surface area contributed by atoms with E-state index in [1.807, 2.05) is 0 Å². The summed E-state index contributed by atoms with van der Waals surface area (Å²) >= 11 is 4.53. The van der Waals surface area contributed by atoms with E-state index in [2.05, 4.69) is 31.9 Å². The Morgan fingerprint density at radius 1 is 1.33 bits per heavy atom. The molecule has 1 nitrogen and oxygen atoms in total. The van der Waals surface area contributed by atoms with Crippen LogP contribution in [0.15, 0.2) is 0 Å². The van der Waals surface area contributed by atoms with Crippen LogP contribution >= 0.6 is 11.6 Å². The molecule has 2 heteroatoms. The Balaban J connectivity index is -0.0000000646. The molecule has 0 rings (SSSR count). The summed E-state index contributed by atoms with van der Waals surface area (Å²) in [4.78, 5) is 0. The third kappa shape index (κ3) is 402. The molecular weight excluding hydrogens is 136 g/mol. The largest absolute Gasteiger partial charge is 0.400 e. The van der Waals surface area contributed by atoms with Gasteiger partial charge >= 0.3 is 0 Å². The SMILES string of the molecule is C#CCl.CCCC.CO. The molecule has 0 aromatic carbocycles. The quantitative estimate of drug-likeness (QED) is 0.569. The molecule has 0 unspecified atom stereocenters. The fourth-order valence-corrected chi connectivity index (χ4v) is 0. The van der Waals surface area contributed by atoms with Crippen LogP contribution in [0.4, 0.5) is 0 Å². The van der Waals surface area contributed by atoms with Crippen LogP contribution in [-0.2, 0) is 0 Å². The Morgan fingerprint density at radius 3 is 1.44 bits per heavy atom. The molecule has 0 fully saturated rings. The maximum Gasteiger partial charge on any atom is 0.0319 e. The van der Waals surface area contributed by atoms with Gasteiger partial charge in [0.15, 0.2) is 0 Å². The van der Waals surface area contributed by atoms with Crippen molar-refractivity contribution in [1.82, 2.24) is 0 Å². The van der Waals surface area contributed by atoms with Gasteiger partial charge in [0.1, 0.15) is 0 Å². The monoisotopic (exact) mass is 150 g/mol. The zero-order chi connectivity index (χ0) is 8.12. The van der Waals surface area contributed by atoms with E-state index in [0.29, 0.717) is 0 Å². The van der Waals surface area contributed by atoms with Gasteiger partial charge in [-0.25, -0.2) is 0 Å². The van der Waals surface area contributed by atoms with Gasteiger partial charge in [-0.2, -0.15) is 0 Å². The lowest BCUT2D eigenvalue weighted by molar-refractivity contribution is 0.399. The van der Waals surface area contributed by atoms with Crippen molar-refractivity contribution in [2.45, 2.75) is 26.7 Å². The third-order valence-corrected chi connectivity index (χ3v) is 0.500. The summed E-state index contributed by atoms with van der Waals surface area (Å²) in [6, 6.07) is 0. The average Bonchev–Trinajstić information content (AvgIpc) is 1.94. The standard InChI is InChI=1S/C4H10.C2HCl.CH4O/c1-3-4-2;1-2-3;1-2/h3-4H2,1-2H3;1H;2H,1H3. The molecule has 0 aliphatic carbocycles. The van der Waals surface area contributed by atoms with Crippen molar-refractivity contribution in [2.75, 3.05) is 7.11 Å². The number of aliphatic hydroxyl groups excluding tert-OH is 1. The first-order valence-corrected chi connectivity index (χ1v) is 3.22. The summed E-state index contributed by atoms with van der Waals surface area (Å²) in [5.74, 6) is 0. The fourth-order valence-electron chi connectivity index (χ4n) is 0. The number of aliphatic hydroxyl groups is 1. The minimum absolute atomic E-state index is 1.00. The van der Waals surface area contributed by atoms with Gasteiger partial charge in [0.05, 0.1) is 0 Å². The molecule has 0 spiro atoms. The maximum atomic E-state index is 7.00. The molecule has 0 heterocycles. The second kappa shape index (κ2) is 45.9. The van der Waals surface area contributed by atoms with E-state index in [0.717, 1.165) is 7.11 Å². The number of halogens is 1. The van der Waals surface area contributed by atoms with E-state index in [9.17, 15) is 0 Å². The first kappa shape index (κ1) is 15.9. The summed E-state index contributed by atoms with van der Waals surface area (Å²) in [6.07, 6.45) is 7.00. The van der Waals surface area contributed by atoms with Crippen LogP contribution in [0.2, 0.25) is 0 Å². The van der Waals surface area contributed by atoms with Crippen molar-refractivity contribution in [1.29, 1.82) is 0 Å². The highest BCUT2D eigenvalue weighted by atomic mass is 35.5. The summed E-state index contributed by atoms with van der Waals surface area (Å²) in [7, 11) is 1.00. The lowest BCUT2D eigenvalue weighted by atomic mass is 10.4. The van der Waals surface area contributed by atoms with Crippen molar-refractivity contribution in [3.8, 4) is 11.8 Å². The van der Waals surface area contributed by atoms with E-state index in [4.69, 9.17) is 5.11 Å². The Hall–Kier alpha value is -0.190. The molecule has 0 saturated carbocycles. The summed E-state index contributed by atoms with van der Waals surface area (Å²) < 4.78 is 0. The molecule has 1 N–H and O–H groups in total. The molecule has 0 aliphatic heterocycles. The van der Waals surface area contributed by atoms with Gasteiger partial charge in [-0.05, 0) is 11.6 Å². The second-order valence-corrected chi connectivity index (χ2v) is 1.33. The van der Waals surface area contributed by atoms with Crippen LogP contribution in [0.3, 0.4) is 0 Å². The highest BCUT2D eigenvalue weighted by Gasteiger charge is 1.56. The van der Waals surface area contributed by atoms with Crippen LogP contribution < -0.4 is 0 Å². The lowest BCUT2D eigenvalue weighted by Gasteiger charge is -1.68. The number of hydrogen-bond donors (Lipinski definition) is 1. The van der Waals surface area contributed by atoms with Crippen LogP contribution in [-0.4, -0.2) is 12.2 Å². The summed E-state index contributed by atoms with van der Waals surface area (Å²) in [5, 5.41) is 8.72. The van der Waals surface area contributed by atoms with Gasteiger partial charge in [-0.1, -0.05) is 26.7 Å². The van der Waals surface area contributed by atoms with Gasteiger partial charge in [0.2, 0.25) is 0 Å². The fraction of sp³-hybridized carbons (Fsp3) is 0.714. The Labute approximate surface area is 63.0 Å². The molecule has 0 saturated heterocycles. The van der Waals surface area contributed by atoms with Gasteiger partial charge in [0.25, 0.3) is 0 Å². The Kier molecular flexibility index (Phi) is 81.1. The van der Waals surface area contributed by atoms with Crippen LogP contribution in [0.5, 0.6) is 0 Å². The number of terminal acetylenes is 1. The van der Waals surface area contributed by atoms with Crippen molar-refractivity contribution >= 4 is 11.6 Å². The maximum absolute atomic E-state index is 7.00.